The summed E-state index contributed by atoms with van der Waals surface area (Å²) in [5.74, 6) is -1.40. The molecule has 0 N–H and O–H groups in total. The molecule has 140 valence electrons. The lowest BCUT2D eigenvalue weighted by molar-refractivity contribution is -0.226. The molecule has 0 amide bonds. The monoisotopic (exact) mass is 376 g/mol. The Hall–Kier alpha value is -2.22. The van der Waals surface area contributed by atoms with E-state index in [2.05, 4.69) is 4.74 Å². The van der Waals surface area contributed by atoms with Crippen molar-refractivity contribution in [3.8, 4) is 5.75 Å². The van der Waals surface area contributed by atoms with Gasteiger partial charge in [0.05, 0.1) is 12.2 Å². The van der Waals surface area contributed by atoms with E-state index in [1.807, 2.05) is 0 Å². The van der Waals surface area contributed by atoms with Gasteiger partial charge in [-0.1, -0.05) is 12.1 Å². The summed E-state index contributed by atoms with van der Waals surface area (Å²) < 4.78 is 89.8. The van der Waals surface area contributed by atoms with Crippen molar-refractivity contribution in [3.05, 3.63) is 64.5 Å². The average Bonchev–Trinajstić information content (AvgIpc) is 2.52. The second-order valence-corrected chi connectivity index (χ2v) is 6.08. The second-order valence-electron chi connectivity index (χ2n) is 6.08. The Morgan fingerprint density at radius 3 is 2.38 bits per heavy atom. The third-order valence-electron chi connectivity index (χ3n) is 4.07. The summed E-state index contributed by atoms with van der Waals surface area (Å²) in [7, 11) is 0. The van der Waals surface area contributed by atoms with E-state index in [-0.39, 0.29) is 12.4 Å². The van der Waals surface area contributed by atoms with E-state index in [9.17, 15) is 26.3 Å². The highest BCUT2D eigenvalue weighted by Gasteiger charge is 2.43. The fourth-order valence-electron chi connectivity index (χ4n) is 2.72. The molecule has 8 heteroatoms. The van der Waals surface area contributed by atoms with Crippen molar-refractivity contribution >= 4 is 0 Å². The van der Waals surface area contributed by atoms with Crippen molar-refractivity contribution in [1.29, 1.82) is 0 Å². The summed E-state index contributed by atoms with van der Waals surface area (Å²) in [5.41, 5.74) is 0.223. The molecule has 1 heterocycles. The molecule has 1 aliphatic heterocycles. The molecule has 3 rings (SSSR count). The first kappa shape index (κ1) is 18.6. The molecule has 1 atom stereocenters. The second kappa shape index (κ2) is 6.50. The first-order valence-electron chi connectivity index (χ1n) is 7.70. The number of hydrogen-bond donors (Lipinski definition) is 0. The van der Waals surface area contributed by atoms with E-state index < -0.39 is 36.2 Å². The van der Waals surface area contributed by atoms with Gasteiger partial charge in [0.25, 0.3) is 0 Å². The van der Waals surface area contributed by atoms with E-state index in [0.717, 1.165) is 18.2 Å². The maximum atomic E-state index is 14.2. The van der Waals surface area contributed by atoms with Gasteiger partial charge in [0.1, 0.15) is 11.6 Å². The highest BCUT2D eigenvalue weighted by Crippen LogP contribution is 2.36. The third kappa shape index (κ3) is 3.80. The number of aryl methyl sites for hydroxylation is 1. The fourth-order valence-corrected chi connectivity index (χ4v) is 2.72. The summed E-state index contributed by atoms with van der Waals surface area (Å²) in [4.78, 5) is 0. The highest BCUT2D eigenvalue weighted by molar-refractivity contribution is 5.38. The van der Waals surface area contributed by atoms with Crippen molar-refractivity contribution in [1.82, 2.24) is 0 Å². The topological polar surface area (TPSA) is 18.5 Å². The van der Waals surface area contributed by atoms with E-state index in [1.54, 1.807) is 6.92 Å². The summed E-state index contributed by atoms with van der Waals surface area (Å²) in [6, 6.07) is 6.82. The van der Waals surface area contributed by atoms with Gasteiger partial charge in [-0.15, -0.1) is 0 Å². The fraction of sp³-hybridized carbons (Fsp3) is 0.333. The molecule has 2 nitrogen and oxygen atoms in total. The van der Waals surface area contributed by atoms with E-state index >= 15 is 0 Å². The van der Waals surface area contributed by atoms with Crippen LogP contribution in [-0.2, 0) is 23.9 Å². The van der Waals surface area contributed by atoms with Crippen LogP contribution in [0.2, 0.25) is 0 Å². The van der Waals surface area contributed by atoms with Gasteiger partial charge in [-0.3, -0.25) is 0 Å². The van der Waals surface area contributed by atoms with E-state index in [4.69, 9.17) is 4.74 Å². The number of hydrogen-bond acceptors (Lipinski definition) is 2. The predicted octanol–water partition coefficient (Wildman–Crippen LogP) is 5.27. The molecule has 1 aliphatic rings. The number of halogens is 6. The minimum atomic E-state index is -4.50. The predicted molar refractivity (Wildman–Crippen MR) is 80.4 cm³/mol. The largest absolute Gasteiger partial charge is 0.429 e. The van der Waals surface area contributed by atoms with Gasteiger partial charge >= 0.3 is 12.3 Å². The van der Waals surface area contributed by atoms with Gasteiger partial charge in [-0.05, 0) is 47.9 Å². The minimum Gasteiger partial charge on any atom is -0.429 e. The van der Waals surface area contributed by atoms with Gasteiger partial charge in [-0.25, -0.2) is 4.39 Å². The van der Waals surface area contributed by atoms with Gasteiger partial charge in [0.2, 0.25) is 0 Å². The molecular weight excluding hydrogens is 362 g/mol. The molecular formula is C18H14F6O2. The van der Waals surface area contributed by atoms with Crippen molar-refractivity contribution in [3.63, 3.8) is 0 Å². The first-order chi connectivity index (χ1) is 12.1. The SMILES string of the molecule is Cc1ccc(C(F)(F)Oc2ccc3c(c2)COC(C(F)(F)F)C3)c(F)c1. The standard InChI is InChI=1S/C18H14F6O2/c1-10-2-5-14(15(19)6-10)18(23,24)26-13-4-3-11-8-16(17(20,21)22)25-9-12(11)7-13/h2-7,16H,8-9H2,1H3. The maximum absolute atomic E-state index is 14.2. The molecule has 0 aliphatic carbocycles. The molecule has 0 saturated carbocycles. The number of fused-ring (bicyclic) bond motifs is 1. The van der Waals surface area contributed by atoms with Crippen molar-refractivity contribution in [2.75, 3.05) is 0 Å². The molecule has 0 aromatic heterocycles. The first-order valence-corrected chi connectivity index (χ1v) is 7.70. The Morgan fingerprint density at radius 2 is 1.73 bits per heavy atom. The Bertz CT molecular complexity index is 816. The van der Waals surface area contributed by atoms with Gasteiger partial charge in [-0.2, -0.15) is 22.0 Å². The molecule has 0 saturated heterocycles. The summed E-state index contributed by atoms with van der Waals surface area (Å²) >= 11 is 0. The van der Waals surface area contributed by atoms with Crippen LogP contribution < -0.4 is 4.74 Å². The molecule has 26 heavy (non-hydrogen) atoms. The molecule has 2 aromatic carbocycles. The number of benzene rings is 2. The number of alkyl halides is 5. The zero-order chi connectivity index (χ0) is 19.1. The third-order valence-corrected chi connectivity index (χ3v) is 4.07. The van der Waals surface area contributed by atoms with Crippen LogP contribution in [0.25, 0.3) is 0 Å². The van der Waals surface area contributed by atoms with Gasteiger partial charge in [0.15, 0.2) is 6.10 Å². The lowest BCUT2D eigenvalue weighted by atomic mass is 9.98. The highest BCUT2D eigenvalue weighted by atomic mass is 19.4. The zero-order valence-electron chi connectivity index (χ0n) is 13.5. The van der Waals surface area contributed by atoms with Crippen LogP contribution in [0, 0.1) is 12.7 Å². The van der Waals surface area contributed by atoms with Crippen LogP contribution in [0.4, 0.5) is 26.3 Å². The Kier molecular flexibility index (Phi) is 4.64. The molecule has 0 bridgehead atoms. The van der Waals surface area contributed by atoms with E-state index in [0.29, 0.717) is 16.7 Å². The van der Waals surface area contributed by atoms with Crippen LogP contribution in [0.5, 0.6) is 5.75 Å². The Labute approximate surface area is 145 Å². The molecule has 2 aromatic rings. The van der Waals surface area contributed by atoms with Crippen molar-refractivity contribution in [2.45, 2.75) is 38.3 Å². The minimum absolute atomic E-state index is 0.289. The lowest BCUT2D eigenvalue weighted by Gasteiger charge is -2.27. The summed E-state index contributed by atoms with van der Waals surface area (Å²) in [6.45, 7) is 1.19. The van der Waals surface area contributed by atoms with Crippen molar-refractivity contribution < 1.29 is 35.8 Å². The normalized spacial score (nSPS) is 17.7. The van der Waals surface area contributed by atoms with Crippen LogP contribution in [-0.4, -0.2) is 12.3 Å². The Balaban J connectivity index is 1.81. The Morgan fingerprint density at radius 1 is 1.00 bits per heavy atom. The number of rotatable bonds is 3. The van der Waals surface area contributed by atoms with Gasteiger partial charge in [0, 0.05) is 6.42 Å². The van der Waals surface area contributed by atoms with Crippen LogP contribution >= 0.6 is 0 Å². The van der Waals surface area contributed by atoms with Crippen LogP contribution in [0.3, 0.4) is 0 Å². The van der Waals surface area contributed by atoms with Crippen LogP contribution in [0.15, 0.2) is 36.4 Å². The summed E-state index contributed by atoms with van der Waals surface area (Å²) in [6.07, 6.45) is -10.8. The van der Waals surface area contributed by atoms with Crippen molar-refractivity contribution in [2.24, 2.45) is 0 Å². The molecule has 1 unspecified atom stereocenters. The molecule has 0 radical (unpaired) electrons. The smallest absolute Gasteiger partial charge is 0.429 e. The van der Waals surface area contributed by atoms with Gasteiger partial charge < -0.3 is 9.47 Å². The van der Waals surface area contributed by atoms with Crippen LogP contribution in [0.1, 0.15) is 22.3 Å². The zero-order valence-corrected chi connectivity index (χ0v) is 13.5. The van der Waals surface area contributed by atoms with E-state index in [1.165, 1.54) is 18.2 Å². The summed E-state index contributed by atoms with van der Waals surface area (Å²) in [5, 5.41) is 0. The number of ether oxygens (including phenoxy) is 2. The molecule has 0 fully saturated rings. The quantitative estimate of drug-likeness (QED) is 0.680. The lowest BCUT2D eigenvalue weighted by Crippen LogP contribution is -2.36. The average molecular weight is 376 g/mol. The molecule has 0 spiro atoms. The maximum Gasteiger partial charge on any atom is 0.429 e.